The Hall–Kier alpha value is -2.06. The van der Waals surface area contributed by atoms with Crippen LogP contribution in [0.3, 0.4) is 0 Å². The molecule has 2 N–H and O–H groups in total. The summed E-state index contributed by atoms with van der Waals surface area (Å²) in [6, 6.07) is 0.00902. The van der Waals surface area contributed by atoms with E-state index in [1.807, 2.05) is 32.1 Å². The highest BCUT2D eigenvalue weighted by Crippen LogP contribution is 2.20. The summed E-state index contributed by atoms with van der Waals surface area (Å²) < 4.78 is 0. The summed E-state index contributed by atoms with van der Waals surface area (Å²) in [6.07, 6.45) is 11.2. The van der Waals surface area contributed by atoms with E-state index in [1.165, 1.54) is 0 Å². The maximum atomic E-state index is 12.0. The second-order valence-corrected chi connectivity index (χ2v) is 6.67. The Morgan fingerprint density at radius 2 is 2.15 bits per heavy atom. The SMILES string of the molecule is CCC#CC[C@H](C)[C@H](O)C=C[C@H]1CCC(=O)N1CC=CCCCC(=O)O. The average molecular weight is 361 g/mol. The lowest BCUT2D eigenvalue weighted by molar-refractivity contribution is -0.137. The molecule has 1 aliphatic heterocycles. The Bertz CT molecular complexity index is 570. The molecule has 0 unspecified atom stereocenters. The molecule has 1 rings (SSSR count). The zero-order valence-electron chi connectivity index (χ0n) is 15.9. The Morgan fingerprint density at radius 3 is 2.85 bits per heavy atom. The minimum Gasteiger partial charge on any atom is -0.481 e. The van der Waals surface area contributed by atoms with Gasteiger partial charge in [0.25, 0.3) is 0 Å². The van der Waals surface area contributed by atoms with Gasteiger partial charge in [0.1, 0.15) is 0 Å². The third-order valence-electron chi connectivity index (χ3n) is 4.44. The highest BCUT2D eigenvalue weighted by atomic mass is 16.4. The molecule has 1 heterocycles. The zero-order valence-corrected chi connectivity index (χ0v) is 15.9. The normalized spacial score (nSPS) is 19.7. The number of aliphatic hydroxyl groups excluding tert-OH is 1. The highest BCUT2D eigenvalue weighted by Gasteiger charge is 2.28. The molecule has 26 heavy (non-hydrogen) atoms. The number of unbranched alkanes of at least 4 members (excludes halogenated alkanes) is 1. The Balaban J connectivity index is 2.47. The Labute approximate surface area is 156 Å². The number of nitrogens with zero attached hydrogens (tertiary/aromatic N) is 1. The summed E-state index contributed by atoms with van der Waals surface area (Å²) >= 11 is 0. The summed E-state index contributed by atoms with van der Waals surface area (Å²) in [4.78, 5) is 24.3. The van der Waals surface area contributed by atoms with Crippen LogP contribution in [-0.4, -0.2) is 45.7 Å². The van der Waals surface area contributed by atoms with Gasteiger partial charge in [-0.1, -0.05) is 38.2 Å². The second kappa shape index (κ2) is 12.3. The first-order chi connectivity index (χ1) is 12.5. The van der Waals surface area contributed by atoms with E-state index < -0.39 is 12.1 Å². The van der Waals surface area contributed by atoms with Gasteiger partial charge in [0, 0.05) is 32.2 Å². The number of hydrogen-bond donors (Lipinski definition) is 2. The fourth-order valence-corrected chi connectivity index (χ4v) is 2.78. The van der Waals surface area contributed by atoms with Crippen molar-refractivity contribution in [2.45, 2.75) is 70.9 Å². The van der Waals surface area contributed by atoms with Crippen LogP contribution in [0.15, 0.2) is 24.3 Å². The molecule has 1 fully saturated rings. The summed E-state index contributed by atoms with van der Waals surface area (Å²) in [5.74, 6) is 5.46. The molecule has 144 valence electrons. The van der Waals surface area contributed by atoms with E-state index in [0.29, 0.717) is 32.2 Å². The number of aliphatic hydroxyl groups is 1. The van der Waals surface area contributed by atoms with Crippen molar-refractivity contribution in [3.63, 3.8) is 0 Å². The first-order valence-electron chi connectivity index (χ1n) is 9.44. The predicted molar refractivity (Wildman–Crippen MR) is 102 cm³/mol. The van der Waals surface area contributed by atoms with Crippen molar-refractivity contribution in [3.05, 3.63) is 24.3 Å². The fraction of sp³-hybridized carbons (Fsp3) is 0.619. The van der Waals surface area contributed by atoms with Gasteiger partial charge in [-0.05, 0) is 25.2 Å². The minimum atomic E-state index is -0.785. The van der Waals surface area contributed by atoms with E-state index in [-0.39, 0.29) is 24.3 Å². The van der Waals surface area contributed by atoms with E-state index in [9.17, 15) is 14.7 Å². The van der Waals surface area contributed by atoms with Crippen LogP contribution in [0.25, 0.3) is 0 Å². The summed E-state index contributed by atoms with van der Waals surface area (Å²) in [5, 5.41) is 18.8. The van der Waals surface area contributed by atoms with E-state index in [1.54, 1.807) is 11.0 Å². The van der Waals surface area contributed by atoms with E-state index >= 15 is 0 Å². The number of rotatable bonds is 10. The highest BCUT2D eigenvalue weighted by molar-refractivity contribution is 5.79. The second-order valence-electron chi connectivity index (χ2n) is 6.67. The van der Waals surface area contributed by atoms with Crippen molar-refractivity contribution in [3.8, 4) is 11.8 Å². The molecule has 3 atom stereocenters. The van der Waals surface area contributed by atoms with Crippen LogP contribution in [0, 0.1) is 17.8 Å². The zero-order chi connectivity index (χ0) is 19.4. The van der Waals surface area contributed by atoms with Gasteiger partial charge < -0.3 is 15.1 Å². The van der Waals surface area contributed by atoms with Gasteiger partial charge in [0.05, 0.1) is 12.1 Å². The van der Waals surface area contributed by atoms with Crippen LogP contribution < -0.4 is 0 Å². The van der Waals surface area contributed by atoms with E-state index in [2.05, 4.69) is 11.8 Å². The molecule has 5 heteroatoms. The molecule has 1 amide bonds. The molecule has 0 saturated carbocycles. The van der Waals surface area contributed by atoms with Gasteiger partial charge in [0.2, 0.25) is 5.91 Å². The lowest BCUT2D eigenvalue weighted by Gasteiger charge is -2.21. The topological polar surface area (TPSA) is 77.8 Å². The van der Waals surface area contributed by atoms with Gasteiger partial charge in [-0.3, -0.25) is 9.59 Å². The quantitative estimate of drug-likeness (QED) is 0.356. The Morgan fingerprint density at radius 1 is 1.38 bits per heavy atom. The van der Waals surface area contributed by atoms with Crippen LogP contribution in [-0.2, 0) is 9.59 Å². The van der Waals surface area contributed by atoms with Gasteiger partial charge in [-0.2, -0.15) is 0 Å². The smallest absolute Gasteiger partial charge is 0.303 e. The molecule has 0 spiro atoms. The van der Waals surface area contributed by atoms with Crippen molar-refractivity contribution in [1.29, 1.82) is 0 Å². The Kier molecular flexibility index (Phi) is 10.4. The number of carbonyl (C=O) groups excluding carboxylic acids is 1. The summed E-state index contributed by atoms with van der Waals surface area (Å²) in [6.45, 7) is 4.49. The number of allylic oxidation sites excluding steroid dienone is 1. The monoisotopic (exact) mass is 361 g/mol. The third-order valence-corrected chi connectivity index (χ3v) is 4.44. The molecule has 0 aliphatic carbocycles. The van der Waals surface area contributed by atoms with Crippen LogP contribution in [0.5, 0.6) is 0 Å². The van der Waals surface area contributed by atoms with E-state index in [0.717, 1.165) is 12.8 Å². The molecule has 1 aliphatic rings. The number of aliphatic carboxylic acids is 1. The minimum absolute atomic E-state index is 0.00902. The maximum absolute atomic E-state index is 12.0. The van der Waals surface area contributed by atoms with Gasteiger partial charge >= 0.3 is 5.97 Å². The lowest BCUT2D eigenvalue weighted by Crippen LogP contribution is -2.32. The van der Waals surface area contributed by atoms with Crippen molar-refractivity contribution < 1.29 is 19.8 Å². The van der Waals surface area contributed by atoms with Crippen LogP contribution in [0.4, 0.5) is 0 Å². The van der Waals surface area contributed by atoms with Crippen LogP contribution in [0.2, 0.25) is 0 Å². The molecule has 0 aromatic rings. The number of carboxylic acids is 1. The molecule has 5 nitrogen and oxygen atoms in total. The van der Waals surface area contributed by atoms with Gasteiger partial charge in [-0.25, -0.2) is 0 Å². The molecule has 0 radical (unpaired) electrons. The van der Waals surface area contributed by atoms with Crippen molar-refractivity contribution in [1.82, 2.24) is 4.90 Å². The van der Waals surface area contributed by atoms with E-state index in [4.69, 9.17) is 5.11 Å². The molecule has 0 aromatic heterocycles. The largest absolute Gasteiger partial charge is 0.481 e. The van der Waals surface area contributed by atoms with Crippen molar-refractivity contribution in [2.75, 3.05) is 6.54 Å². The standard InChI is InChI=1S/C21H31NO4/c1-3-4-7-10-17(2)19(23)14-12-18-13-15-20(24)22(18)16-9-6-5-8-11-21(25)26/h6,9,12,14,17-19,23H,3,5,8,10-11,13,15-16H2,1-2H3,(H,25,26)/t17-,18-,19+/m0/s1. The molecule has 0 aromatic carbocycles. The molecule has 1 saturated heterocycles. The number of hydrogen-bond acceptors (Lipinski definition) is 3. The maximum Gasteiger partial charge on any atom is 0.303 e. The first-order valence-corrected chi connectivity index (χ1v) is 9.44. The summed E-state index contributed by atoms with van der Waals surface area (Å²) in [5.41, 5.74) is 0. The molecular weight excluding hydrogens is 330 g/mol. The predicted octanol–water partition coefficient (Wildman–Crippen LogP) is 3.15. The van der Waals surface area contributed by atoms with Crippen molar-refractivity contribution in [2.24, 2.45) is 5.92 Å². The number of carboxylic acid groups (broad SMARTS) is 1. The van der Waals surface area contributed by atoms with Crippen LogP contribution in [0.1, 0.15) is 58.8 Å². The lowest BCUT2D eigenvalue weighted by atomic mass is 10.00. The fourth-order valence-electron chi connectivity index (χ4n) is 2.78. The van der Waals surface area contributed by atoms with Gasteiger partial charge in [0.15, 0.2) is 0 Å². The summed E-state index contributed by atoms with van der Waals surface area (Å²) in [7, 11) is 0. The van der Waals surface area contributed by atoms with Crippen LogP contribution >= 0.6 is 0 Å². The molecule has 0 bridgehead atoms. The number of carbonyl (C=O) groups is 2. The third kappa shape index (κ3) is 8.35. The number of likely N-dealkylation sites (tertiary alicyclic amines) is 1. The van der Waals surface area contributed by atoms with Crippen molar-refractivity contribution >= 4 is 11.9 Å². The molecular formula is C21H31NO4. The number of amides is 1. The average Bonchev–Trinajstić information content (AvgIpc) is 2.95. The first kappa shape index (κ1) is 22.0. The van der Waals surface area contributed by atoms with Gasteiger partial charge in [-0.15, -0.1) is 11.8 Å².